The van der Waals surface area contributed by atoms with Gasteiger partial charge in [0.2, 0.25) is 0 Å². The lowest BCUT2D eigenvalue weighted by atomic mass is 10.0. The van der Waals surface area contributed by atoms with Gasteiger partial charge in [0.1, 0.15) is 0 Å². The molecule has 0 spiro atoms. The van der Waals surface area contributed by atoms with Crippen LogP contribution < -0.4 is 4.90 Å². The Morgan fingerprint density at radius 2 is 1.91 bits per heavy atom. The second kappa shape index (κ2) is 6.07. The molecule has 0 aromatic heterocycles. The third kappa shape index (κ3) is 3.09. The second-order valence-electron chi connectivity index (χ2n) is 6.62. The van der Waals surface area contributed by atoms with Crippen LogP contribution in [0.4, 0.5) is 5.69 Å². The number of carboxylic acids is 1. The van der Waals surface area contributed by atoms with Crippen molar-refractivity contribution in [3.05, 3.63) is 64.2 Å². The van der Waals surface area contributed by atoms with Gasteiger partial charge in [-0.2, -0.15) is 0 Å². The van der Waals surface area contributed by atoms with Crippen molar-refractivity contribution in [2.45, 2.75) is 39.7 Å². The fourth-order valence-electron chi connectivity index (χ4n) is 3.53. The maximum atomic E-state index is 11.0. The van der Waals surface area contributed by atoms with Crippen LogP contribution >= 0.6 is 0 Å². The lowest BCUT2D eigenvalue weighted by Gasteiger charge is -2.22. The summed E-state index contributed by atoms with van der Waals surface area (Å²) in [6, 6.07) is 12.5. The van der Waals surface area contributed by atoms with Gasteiger partial charge in [0.25, 0.3) is 0 Å². The molecule has 3 heteroatoms. The first kappa shape index (κ1) is 15.6. The molecule has 0 saturated heterocycles. The van der Waals surface area contributed by atoms with Crippen molar-refractivity contribution in [1.29, 1.82) is 0 Å². The van der Waals surface area contributed by atoms with E-state index in [2.05, 4.69) is 56.0 Å². The maximum Gasteiger partial charge on any atom is 0.307 e. The summed E-state index contributed by atoms with van der Waals surface area (Å²) in [7, 11) is 0. The Kier molecular flexibility index (Phi) is 4.12. The molecule has 0 aliphatic carbocycles. The zero-order chi connectivity index (χ0) is 16.6. The quantitative estimate of drug-likeness (QED) is 0.926. The number of rotatable bonds is 4. The topological polar surface area (TPSA) is 40.5 Å². The standard InChI is InChI=1S/C20H23NO2/c1-13-5-4-6-14(2)18(13)12-21-11-15(3)17-8-7-16(9-19(17)21)10-20(22)23/h4-9,15H,10-12H2,1-3H3,(H,22,23)/t15-/m0/s1. The molecule has 2 aromatic carbocycles. The molecule has 3 rings (SSSR count). The van der Waals surface area contributed by atoms with E-state index in [0.29, 0.717) is 5.92 Å². The van der Waals surface area contributed by atoms with Crippen LogP contribution in [0, 0.1) is 13.8 Å². The van der Waals surface area contributed by atoms with Crippen molar-refractivity contribution in [3.63, 3.8) is 0 Å². The predicted molar refractivity (Wildman–Crippen MR) is 93.2 cm³/mol. The Balaban J connectivity index is 1.93. The molecular weight excluding hydrogens is 286 g/mol. The summed E-state index contributed by atoms with van der Waals surface area (Å²) >= 11 is 0. The summed E-state index contributed by atoms with van der Waals surface area (Å²) < 4.78 is 0. The molecule has 0 saturated carbocycles. The number of anilines is 1. The molecule has 120 valence electrons. The van der Waals surface area contributed by atoms with Gasteiger partial charge in [-0.15, -0.1) is 0 Å². The zero-order valence-corrected chi connectivity index (χ0v) is 14.0. The second-order valence-corrected chi connectivity index (χ2v) is 6.62. The van der Waals surface area contributed by atoms with Crippen LogP contribution in [-0.4, -0.2) is 17.6 Å². The summed E-state index contributed by atoms with van der Waals surface area (Å²) in [6.07, 6.45) is 0.0822. The van der Waals surface area contributed by atoms with E-state index in [1.54, 1.807) is 0 Å². The summed E-state index contributed by atoms with van der Waals surface area (Å²) in [5.41, 5.74) is 7.39. The summed E-state index contributed by atoms with van der Waals surface area (Å²) in [5, 5.41) is 9.03. The molecule has 0 bridgehead atoms. The van der Waals surface area contributed by atoms with Gasteiger partial charge in [-0.25, -0.2) is 0 Å². The van der Waals surface area contributed by atoms with Gasteiger partial charge in [-0.1, -0.05) is 37.3 Å². The van der Waals surface area contributed by atoms with Crippen LogP contribution in [0.1, 0.15) is 40.7 Å². The molecule has 0 radical (unpaired) electrons. The van der Waals surface area contributed by atoms with Crippen LogP contribution in [0.5, 0.6) is 0 Å². The van der Waals surface area contributed by atoms with Crippen molar-refractivity contribution in [2.75, 3.05) is 11.4 Å². The van der Waals surface area contributed by atoms with Gasteiger partial charge in [0, 0.05) is 24.7 Å². The molecule has 1 heterocycles. The van der Waals surface area contributed by atoms with Crippen molar-refractivity contribution in [2.24, 2.45) is 0 Å². The van der Waals surface area contributed by atoms with Crippen molar-refractivity contribution in [1.82, 2.24) is 0 Å². The van der Waals surface area contributed by atoms with E-state index in [0.717, 1.165) is 18.7 Å². The van der Waals surface area contributed by atoms with E-state index in [-0.39, 0.29) is 6.42 Å². The molecule has 1 aliphatic rings. The first-order valence-corrected chi connectivity index (χ1v) is 8.10. The molecule has 1 aliphatic heterocycles. The molecule has 0 fully saturated rings. The van der Waals surface area contributed by atoms with Crippen molar-refractivity contribution in [3.8, 4) is 0 Å². The minimum atomic E-state index is -0.780. The number of carboxylic acid groups (broad SMARTS) is 1. The summed E-state index contributed by atoms with van der Waals surface area (Å²) in [4.78, 5) is 13.4. The minimum absolute atomic E-state index is 0.0822. The number of hydrogen-bond acceptors (Lipinski definition) is 2. The number of nitrogens with zero attached hydrogens (tertiary/aromatic N) is 1. The lowest BCUT2D eigenvalue weighted by Crippen LogP contribution is -2.22. The normalized spacial score (nSPS) is 16.5. The Morgan fingerprint density at radius 1 is 1.22 bits per heavy atom. The largest absolute Gasteiger partial charge is 0.481 e. The number of hydrogen-bond donors (Lipinski definition) is 1. The number of fused-ring (bicyclic) bond motifs is 1. The van der Waals surface area contributed by atoms with E-state index in [1.807, 2.05) is 6.07 Å². The van der Waals surface area contributed by atoms with Gasteiger partial charge < -0.3 is 10.0 Å². The lowest BCUT2D eigenvalue weighted by molar-refractivity contribution is -0.136. The SMILES string of the molecule is Cc1cccc(C)c1CN1C[C@H](C)c2ccc(CC(=O)O)cc21. The molecule has 1 atom stereocenters. The smallest absolute Gasteiger partial charge is 0.307 e. The van der Waals surface area contributed by atoms with Gasteiger partial charge in [0.05, 0.1) is 6.42 Å². The van der Waals surface area contributed by atoms with Crippen LogP contribution in [0.2, 0.25) is 0 Å². The third-order valence-electron chi connectivity index (χ3n) is 4.81. The Bertz CT molecular complexity index is 731. The molecule has 3 nitrogen and oxygen atoms in total. The van der Waals surface area contributed by atoms with Crippen LogP contribution in [0.15, 0.2) is 36.4 Å². The first-order chi connectivity index (χ1) is 11.0. The average molecular weight is 309 g/mol. The average Bonchev–Trinajstić information content (AvgIpc) is 2.78. The highest BCUT2D eigenvalue weighted by molar-refractivity contribution is 5.72. The van der Waals surface area contributed by atoms with E-state index < -0.39 is 5.97 Å². The van der Waals surface area contributed by atoms with E-state index in [4.69, 9.17) is 5.11 Å². The number of carbonyl (C=O) groups is 1. The van der Waals surface area contributed by atoms with Gasteiger partial charge in [0.15, 0.2) is 0 Å². The number of aliphatic carboxylic acids is 1. The van der Waals surface area contributed by atoms with E-state index >= 15 is 0 Å². The fourth-order valence-corrected chi connectivity index (χ4v) is 3.53. The van der Waals surface area contributed by atoms with Crippen molar-refractivity contribution < 1.29 is 9.90 Å². The predicted octanol–water partition coefficient (Wildman–Crippen LogP) is 4.05. The van der Waals surface area contributed by atoms with E-state index in [9.17, 15) is 4.79 Å². The molecule has 2 aromatic rings. The highest BCUT2D eigenvalue weighted by Crippen LogP contribution is 2.38. The van der Waals surface area contributed by atoms with Crippen LogP contribution in [0.3, 0.4) is 0 Å². The number of benzene rings is 2. The van der Waals surface area contributed by atoms with Gasteiger partial charge in [-0.3, -0.25) is 4.79 Å². The van der Waals surface area contributed by atoms with Gasteiger partial charge >= 0.3 is 5.97 Å². The van der Waals surface area contributed by atoms with Crippen LogP contribution in [0.25, 0.3) is 0 Å². The van der Waals surface area contributed by atoms with Crippen LogP contribution in [-0.2, 0) is 17.8 Å². The minimum Gasteiger partial charge on any atom is -0.481 e. The zero-order valence-electron chi connectivity index (χ0n) is 14.0. The molecule has 23 heavy (non-hydrogen) atoms. The Hall–Kier alpha value is -2.29. The summed E-state index contributed by atoms with van der Waals surface area (Å²) in [6.45, 7) is 8.42. The maximum absolute atomic E-state index is 11.0. The Morgan fingerprint density at radius 3 is 2.57 bits per heavy atom. The molecular formula is C20H23NO2. The fraction of sp³-hybridized carbons (Fsp3) is 0.350. The third-order valence-corrected chi connectivity index (χ3v) is 4.81. The molecule has 0 unspecified atom stereocenters. The van der Waals surface area contributed by atoms with Crippen molar-refractivity contribution >= 4 is 11.7 Å². The number of aryl methyl sites for hydroxylation is 2. The van der Waals surface area contributed by atoms with E-state index in [1.165, 1.54) is 27.9 Å². The molecule has 1 N–H and O–H groups in total. The monoisotopic (exact) mass is 309 g/mol. The molecule has 0 amide bonds. The first-order valence-electron chi connectivity index (χ1n) is 8.10. The van der Waals surface area contributed by atoms with Gasteiger partial charge in [-0.05, 0) is 47.7 Å². The Labute approximate surface area is 137 Å². The highest BCUT2D eigenvalue weighted by atomic mass is 16.4. The summed E-state index contributed by atoms with van der Waals surface area (Å²) in [5.74, 6) is -0.300. The highest BCUT2D eigenvalue weighted by Gasteiger charge is 2.26.